The van der Waals surface area contributed by atoms with Gasteiger partial charge in [0.1, 0.15) is 0 Å². The first-order valence-corrected chi connectivity index (χ1v) is 9.59. The van der Waals surface area contributed by atoms with Gasteiger partial charge in [0.05, 0.1) is 20.6 Å². The van der Waals surface area contributed by atoms with Crippen LogP contribution in [0.3, 0.4) is 0 Å². The molecule has 2 aromatic rings. The maximum absolute atomic E-state index is 12.8. The molecule has 1 atom stereocenters. The van der Waals surface area contributed by atoms with Gasteiger partial charge in [-0.05, 0) is 37.1 Å². The van der Waals surface area contributed by atoms with Gasteiger partial charge in [-0.25, -0.2) is 13.4 Å². The van der Waals surface area contributed by atoms with Gasteiger partial charge in [-0.3, -0.25) is 4.79 Å². The van der Waals surface area contributed by atoms with Crippen LogP contribution in [0.25, 0.3) is 10.2 Å². The Hall–Kier alpha value is -1.77. The fourth-order valence-electron chi connectivity index (χ4n) is 2.68. The Balaban J connectivity index is 1.83. The number of sulfonamides is 1. The highest BCUT2D eigenvalue weighted by Gasteiger charge is 2.30. The molecule has 122 valence electrons. The van der Waals surface area contributed by atoms with Gasteiger partial charge >= 0.3 is 0 Å². The molecule has 8 heteroatoms. The molecule has 6 nitrogen and oxygen atoms in total. The summed E-state index contributed by atoms with van der Waals surface area (Å²) in [5.41, 5.74) is 2.49. The van der Waals surface area contributed by atoms with Crippen molar-refractivity contribution < 1.29 is 13.2 Å². The highest BCUT2D eigenvalue weighted by Crippen LogP contribution is 2.25. The van der Waals surface area contributed by atoms with Crippen molar-refractivity contribution in [1.29, 1.82) is 0 Å². The van der Waals surface area contributed by atoms with E-state index < -0.39 is 10.0 Å². The maximum atomic E-state index is 12.8. The minimum atomic E-state index is -3.57. The van der Waals surface area contributed by atoms with Crippen LogP contribution in [0.2, 0.25) is 0 Å². The zero-order valence-electron chi connectivity index (χ0n) is 12.4. The third-order valence-corrected chi connectivity index (χ3v) is 6.51. The van der Waals surface area contributed by atoms with E-state index in [9.17, 15) is 13.2 Å². The first-order chi connectivity index (χ1) is 11.0. The molecule has 1 saturated heterocycles. The number of amides is 1. The second-order valence-corrected chi connectivity index (χ2v) is 8.22. The minimum Gasteiger partial charge on any atom is -0.349 e. The second kappa shape index (κ2) is 6.38. The summed E-state index contributed by atoms with van der Waals surface area (Å²) < 4.78 is 27.9. The van der Waals surface area contributed by atoms with Crippen molar-refractivity contribution in [3.8, 4) is 0 Å². The number of carbonyl (C=O) groups excluding carboxylic acids is 1. The van der Waals surface area contributed by atoms with Crippen molar-refractivity contribution in [2.75, 3.05) is 13.1 Å². The van der Waals surface area contributed by atoms with E-state index in [-0.39, 0.29) is 23.4 Å². The Morgan fingerprint density at radius 2 is 2.30 bits per heavy atom. The summed E-state index contributed by atoms with van der Waals surface area (Å²) in [5.74, 6) is -0.277. The van der Waals surface area contributed by atoms with Crippen LogP contribution in [0.5, 0.6) is 0 Å². The van der Waals surface area contributed by atoms with E-state index in [2.05, 4.69) is 16.9 Å². The number of fused-ring (bicyclic) bond motifs is 1. The van der Waals surface area contributed by atoms with Crippen molar-refractivity contribution >= 4 is 37.5 Å². The largest absolute Gasteiger partial charge is 0.349 e. The SMILES string of the molecule is C=CC(=O)N[C@H]1CCCN(S(=O)(=O)c2ccc3ncsc3c2)C1. The molecule has 2 heterocycles. The Labute approximate surface area is 138 Å². The molecule has 3 rings (SSSR count). The number of nitrogens with one attached hydrogen (secondary N) is 1. The first kappa shape index (κ1) is 16.1. The number of aromatic nitrogens is 1. The van der Waals surface area contributed by atoms with E-state index in [1.165, 1.54) is 21.7 Å². The predicted molar refractivity (Wildman–Crippen MR) is 89.7 cm³/mol. The highest BCUT2D eigenvalue weighted by molar-refractivity contribution is 7.89. The molecule has 1 aliphatic rings. The quantitative estimate of drug-likeness (QED) is 0.851. The van der Waals surface area contributed by atoms with Crippen LogP contribution in [-0.2, 0) is 14.8 Å². The summed E-state index contributed by atoms with van der Waals surface area (Å²) >= 11 is 1.41. The van der Waals surface area contributed by atoms with Crippen LogP contribution in [0.1, 0.15) is 12.8 Å². The summed E-state index contributed by atoms with van der Waals surface area (Å²) in [6.07, 6.45) is 2.68. The van der Waals surface area contributed by atoms with Gasteiger partial charge in [0.15, 0.2) is 0 Å². The van der Waals surface area contributed by atoms with E-state index in [1.54, 1.807) is 23.7 Å². The molecule has 1 aromatic carbocycles. The van der Waals surface area contributed by atoms with E-state index >= 15 is 0 Å². The molecule has 1 aromatic heterocycles. The van der Waals surface area contributed by atoms with E-state index in [0.29, 0.717) is 13.0 Å². The summed E-state index contributed by atoms with van der Waals surface area (Å²) in [6, 6.07) is 4.79. The number of carbonyl (C=O) groups is 1. The van der Waals surface area contributed by atoms with Gasteiger partial charge in [0, 0.05) is 19.1 Å². The molecule has 1 N–H and O–H groups in total. The van der Waals surface area contributed by atoms with Crippen LogP contribution in [-0.4, -0.2) is 42.7 Å². The van der Waals surface area contributed by atoms with Crippen molar-refractivity contribution in [1.82, 2.24) is 14.6 Å². The van der Waals surface area contributed by atoms with E-state index in [0.717, 1.165) is 16.6 Å². The smallest absolute Gasteiger partial charge is 0.243 e. The third kappa shape index (κ3) is 3.29. The lowest BCUT2D eigenvalue weighted by atomic mass is 10.1. The molecule has 1 fully saturated rings. The molecule has 1 amide bonds. The monoisotopic (exact) mass is 351 g/mol. The van der Waals surface area contributed by atoms with Crippen molar-refractivity contribution in [2.45, 2.75) is 23.8 Å². The van der Waals surface area contributed by atoms with Gasteiger partial charge < -0.3 is 5.32 Å². The van der Waals surface area contributed by atoms with Crippen LogP contribution in [0, 0.1) is 0 Å². The number of rotatable bonds is 4. The fraction of sp³-hybridized carbons (Fsp3) is 0.333. The van der Waals surface area contributed by atoms with Crippen molar-refractivity contribution in [3.05, 3.63) is 36.4 Å². The molecule has 0 spiro atoms. The predicted octanol–water partition coefficient (Wildman–Crippen LogP) is 1.75. The average molecular weight is 351 g/mol. The average Bonchev–Trinajstić information content (AvgIpc) is 3.02. The summed E-state index contributed by atoms with van der Waals surface area (Å²) in [6.45, 7) is 4.16. The van der Waals surface area contributed by atoms with Gasteiger partial charge in [0.2, 0.25) is 15.9 Å². The molecule has 0 saturated carbocycles. The van der Waals surface area contributed by atoms with Crippen molar-refractivity contribution in [2.24, 2.45) is 0 Å². The maximum Gasteiger partial charge on any atom is 0.243 e. The zero-order valence-corrected chi connectivity index (χ0v) is 14.1. The van der Waals surface area contributed by atoms with Gasteiger partial charge in [-0.15, -0.1) is 11.3 Å². The minimum absolute atomic E-state index is 0.184. The highest BCUT2D eigenvalue weighted by atomic mass is 32.2. The molecular formula is C15H17N3O3S2. The molecule has 0 unspecified atom stereocenters. The van der Waals surface area contributed by atoms with Gasteiger partial charge in [-0.1, -0.05) is 6.58 Å². The Bertz CT molecular complexity index is 845. The number of hydrogen-bond acceptors (Lipinski definition) is 5. The summed E-state index contributed by atoms with van der Waals surface area (Å²) in [7, 11) is -3.57. The fourth-order valence-corrected chi connectivity index (χ4v) is 5.03. The lowest BCUT2D eigenvalue weighted by molar-refractivity contribution is -0.117. The molecule has 0 radical (unpaired) electrons. The number of nitrogens with zero attached hydrogens (tertiary/aromatic N) is 2. The summed E-state index contributed by atoms with van der Waals surface area (Å²) in [5, 5.41) is 2.78. The van der Waals surface area contributed by atoms with E-state index in [1.807, 2.05) is 0 Å². The number of hydrogen-bond donors (Lipinski definition) is 1. The molecule has 1 aliphatic heterocycles. The standard InChI is InChI=1S/C15H17N3O3S2/c1-2-15(19)17-11-4-3-7-18(9-11)23(20,21)12-5-6-13-14(8-12)22-10-16-13/h2,5-6,8,10-11H,1,3-4,7,9H2,(H,17,19)/t11-/m0/s1. The van der Waals surface area contributed by atoms with Crippen LogP contribution < -0.4 is 5.32 Å². The first-order valence-electron chi connectivity index (χ1n) is 7.27. The van der Waals surface area contributed by atoms with Gasteiger partial charge in [-0.2, -0.15) is 4.31 Å². The molecule has 23 heavy (non-hydrogen) atoms. The van der Waals surface area contributed by atoms with Gasteiger partial charge in [0.25, 0.3) is 0 Å². The Morgan fingerprint density at radius 3 is 3.09 bits per heavy atom. The topological polar surface area (TPSA) is 79.4 Å². The number of piperidine rings is 1. The molecular weight excluding hydrogens is 334 g/mol. The summed E-state index contributed by atoms with van der Waals surface area (Å²) in [4.78, 5) is 15.9. The van der Waals surface area contributed by atoms with E-state index in [4.69, 9.17) is 0 Å². The Morgan fingerprint density at radius 1 is 1.48 bits per heavy atom. The van der Waals surface area contributed by atoms with Crippen LogP contribution in [0.4, 0.5) is 0 Å². The lowest BCUT2D eigenvalue weighted by Crippen LogP contribution is -2.49. The number of benzene rings is 1. The van der Waals surface area contributed by atoms with Crippen LogP contribution >= 0.6 is 11.3 Å². The second-order valence-electron chi connectivity index (χ2n) is 5.40. The third-order valence-electron chi connectivity index (χ3n) is 3.86. The zero-order chi connectivity index (χ0) is 16.4. The van der Waals surface area contributed by atoms with Crippen LogP contribution in [0.15, 0.2) is 41.3 Å². The molecule has 0 bridgehead atoms. The number of thiazole rings is 1. The normalized spacial score (nSPS) is 19.6. The van der Waals surface area contributed by atoms with Crippen molar-refractivity contribution in [3.63, 3.8) is 0 Å². The lowest BCUT2D eigenvalue weighted by Gasteiger charge is -2.32. The molecule has 0 aliphatic carbocycles. The Kier molecular flexibility index (Phi) is 4.47.